The van der Waals surface area contributed by atoms with Gasteiger partial charge in [-0.15, -0.1) is 0 Å². The van der Waals surface area contributed by atoms with Gasteiger partial charge >= 0.3 is 12.1 Å². The van der Waals surface area contributed by atoms with Crippen molar-refractivity contribution in [2.45, 2.75) is 65.2 Å². The van der Waals surface area contributed by atoms with E-state index in [1.54, 1.807) is 20.8 Å². The highest BCUT2D eigenvalue weighted by atomic mass is 16.6. The van der Waals surface area contributed by atoms with Crippen LogP contribution in [0.5, 0.6) is 0 Å². The Morgan fingerprint density at radius 3 is 2.48 bits per heavy atom. The molecule has 0 spiro atoms. The Morgan fingerprint density at radius 1 is 1.17 bits per heavy atom. The summed E-state index contributed by atoms with van der Waals surface area (Å²) in [5.74, 6) is -0.639. The molecule has 0 bridgehead atoms. The van der Waals surface area contributed by atoms with Crippen molar-refractivity contribution in [2.24, 2.45) is 5.92 Å². The number of hydrogen-bond donors (Lipinski definition) is 1. The number of alkyl carbamates (subject to hydrolysis) is 1. The summed E-state index contributed by atoms with van der Waals surface area (Å²) in [6, 6.07) is 8.83. The van der Waals surface area contributed by atoms with E-state index >= 15 is 0 Å². The molecule has 1 aliphatic heterocycles. The molecule has 7 nitrogen and oxygen atoms in total. The molecule has 1 heterocycles. The predicted molar refractivity (Wildman–Crippen MR) is 109 cm³/mol. The van der Waals surface area contributed by atoms with E-state index in [-0.39, 0.29) is 25.0 Å². The third kappa shape index (κ3) is 7.07. The van der Waals surface area contributed by atoms with Gasteiger partial charge < -0.3 is 19.7 Å². The Morgan fingerprint density at radius 2 is 1.86 bits per heavy atom. The molecule has 1 aliphatic rings. The summed E-state index contributed by atoms with van der Waals surface area (Å²) in [6.45, 7) is 7.75. The Balaban J connectivity index is 1.98. The molecule has 7 heteroatoms. The first-order valence-corrected chi connectivity index (χ1v) is 10.2. The smallest absolute Gasteiger partial charge is 0.408 e. The zero-order valence-corrected chi connectivity index (χ0v) is 17.8. The summed E-state index contributed by atoms with van der Waals surface area (Å²) in [6.07, 6.45) is 1.86. The second-order valence-electron chi connectivity index (χ2n) is 8.32. The van der Waals surface area contributed by atoms with Crippen molar-refractivity contribution in [3.05, 3.63) is 35.9 Å². The van der Waals surface area contributed by atoms with Crippen LogP contribution in [0.1, 0.15) is 52.5 Å². The zero-order chi connectivity index (χ0) is 21.4. The number of carbonyl (C=O) groups excluding carboxylic acids is 3. The maximum Gasteiger partial charge on any atom is 0.408 e. The van der Waals surface area contributed by atoms with E-state index < -0.39 is 23.7 Å². The highest BCUT2D eigenvalue weighted by Crippen LogP contribution is 2.29. The predicted octanol–water partition coefficient (Wildman–Crippen LogP) is 3.27. The average molecular weight is 405 g/mol. The van der Waals surface area contributed by atoms with E-state index in [9.17, 15) is 14.4 Å². The van der Waals surface area contributed by atoms with Crippen LogP contribution in [0, 0.1) is 5.92 Å². The number of benzene rings is 1. The Hall–Kier alpha value is -2.57. The number of nitrogens with zero attached hydrogens (tertiary/aromatic N) is 1. The maximum atomic E-state index is 12.8. The first-order valence-electron chi connectivity index (χ1n) is 10.2. The fourth-order valence-corrected chi connectivity index (χ4v) is 3.51. The molecular weight excluding hydrogens is 372 g/mol. The summed E-state index contributed by atoms with van der Waals surface area (Å²) >= 11 is 0. The molecule has 1 saturated heterocycles. The maximum absolute atomic E-state index is 12.8. The lowest BCUT2D eigenvalue weighted by molar-refractivity contribution is -0.155. The summed E-state index contributed by atoms with van der Waals surface area (Å²) < 4.78 is 10.7. The van der Waals surface area contributed by atoms with Crippen molar-refractivity contribution in [3.8, 4) is 0 Å². The fraction of sp³-hybridized carbons (Fsp3) is 0.591. The highest BCUT2D eigenvalue weighted by Gasteiger charge is 2.42. The summed E-state index contributed by atoms with van der Waals surface area (Å²) in [5.41, 5.74) is 0.256. The molecular formula is C22H32N2O5. The van der Waals surface area contributed by atoms with Gasteiger partial charge in [0.15, 0.2) is 0 Å². The van der Waals surface area contributed by atoms with Crippen LogP contribution in [0.25, 0.3) is 0 Å². The summed E-state index contributed by atoms with van der Waals surface area (Å²) in [4.78, 5) is 38.9. The van der Waals surface area contributed by atoms with Gasteiger partial charge in [0.1, 0.15) is 24.8 Å². The quantitative estimate of drug-likeness (QED) is 0.705. The average Bonchev–Trinajstić information content (AvgIpc) is 3.08. The van der Waals surface area contributed by atoms with Crippen molar-refractivity contribution >= 4 is 18.0 Å². The summed E-state index contributed by atoms with van der Waals surface area (Å²) in [5, 5.41) is 2.48. The molecule has 0 saturated carbocycles. The normalized spacial score (nSPS) is 19.0. The van der Waals surface area contributed by atoms with E-state index in [0.29, 0.717) is 6.54 Å². The molecule has 1 aromatic rings. The molecule has 1 N–H and O–H groups in total. The third-order valence-corrected chi connectivity index (χ3v) is 4.75. The second kappa shape index (κ2) is 10.3. The largest absolute Gasteiger partial charge is 0.459 e. The molecule has 0 aliphatic carbocycles. The summed E-state index contributed by atoms with van der Waals surface area (Å²) in [7, 11) is 0. The lowest BCUT2D eigenvalue weighted by atomic mass is 9.95. The van der Waals surface area contributed by atoms with Crippen LogP contribution >= 0.6 is 0 Å². The van der Waals surface area contributed by atoms with Gasteiger partial charge in [0.25, 0.3) is 0 Å². The van der Waals surface area contributed by atoms with Crippen LogP contribution < -0.4 is 5.32 Å². The molecule has 2 amide bonds. The van der Waals surface area contributed by atoms with Crippen molar-refractivity contribution in [1.29, 1.82) is 0 Å². The third-order valence-electron chi connectivity index (χ3n) is 4.75. The standard InChI is InChI=1S/C22H32N2O5/c1-5-9-17-12-13-24(18(25)14-23-21(27)29-22(2,3)4)19(17)20(26)28-15-16-10-7-6-8-11-16/h6-8,10-11,17,19H,5,9,12-15H2,1-4H3,(H,23,27)/t17-,19?/m0/s1. The molecule has 2 rings (SSSR count). The molecule has 0 radical (unpaired) electrons. The minimum atomic E-state index is -0.654. The number of likely N-dealkylation sites (tertiary alicyclic amines) is 1. The van der Waals surface area contributed by atoms with Crippen LogP contribution in [0.4, 0.5) is 4.79 Å². The van der Waals surface area contributed by atoms with Crippen LogP contribution in [-0.4, -0.2) is 47.6 Å². The Bertz CT molecular complexity index is 699. The minimum absolute atomic E-state index is 0.0637. The van der Waals surface area contributed by atoms with Gasteiger partial charge in [-0.2, -0.15) is 0 Å². The van der Waals surface area contributed by atoms with Gasteiger partial charge in [0, 0.05) is 6.54 Å². The van der Waals surface area contributed by atoms with Crippen molar-refractivity contribution in [1.82, 2.24) is 10.2 Å². The monoisotopic (exact) mass is 404 g/mol. The highest BCUT2D eigenvalue weighted by molar-refractivity contribution is 5.88. The van der Waals surface area contributed by atoms with Gasteiger partial charge in [0.05, 0.1) is 0 Å². The lowest BCUT2D eigenvalue weighted by Gasteiger charge is -2.27. The number of nitrogens with one attached hydrogen (secondary N) is 1. The first-order chi connectivity index (χ1) is 13.7. The van der Waals surface area contributed by atoms with E-state index in [0.717, 1.165) is 24.8 Å². The van der Waals surface area contributed by atoms with Gasteiger partial charge in [-0.25, -0.2) is 9.59 Å². The number of ether oxygens (including phenoxy) is 2. The zero-order valence-electron chi connectivity index (χ0n) is 17.8. The molecule has 29 heavy (non-hydrogen) atoms. The number of rotatable bonds is 7. The van der Waals surface area contributed by atoms with Crippen LogP contribution in [-0.2, 0) is 25.7 Å². The van der Waals surface area contributed by atoms with E-state index in [1.165, 1.54) is 4.90 Å². The van der Waals surface area contributed by atoms with E-state index in [4.69, 9.17) is 9.47 Å². The second-order valence-corrected chi connectivity index (χ2v) is 8.32. The number of esters is 1. The SMILES string of the molecule is CCC[C@H]1CCN(C(=O)CNC(=O)OC(C)(C)C)C1C(=O)OCc1ccccc1. The molecule has 1 fully saturated rings. The lowest BCUT2D eigenvalue weighted by Crippen LogP contribution is -2.48. The molecule has 0 aromatic heterocycles. The van der Waals surface area contributed by atoms with E-state index in [2.05, 4.69) is 12.2 Å². The Labute approximate surface area is 172 Å². The van der Waals surface area contributed by atoms with E-state index in [1.807, 2.05) is 30.3 Å². The molecule has 1 aromatic carbocycles. The van der Waals surface area contributed by atoms with Crippen LogP contribution in [0.15, 0.2) is 30.3 Å². The van der Waals surface area contributed by atoms with Crippen molar-refractivity contribution < 1.29 is 23.9 Å². The fourth-order valence-electron chi connectivity index (χ4n) is 3.51. The van der Waals surface area contributed by atoms with Crippen molar-refractivity contribution in [2.75, 3.05) is 13.1 Å². The van der Waals surface area contributed by atoms with Crippen LogP contribution in [0.2, 0.25) is 0 Å². The van der Waals surface area contributed by atoms with Gasteiger partial charge in [0.2, 0.25) is 5.91 Å². The number of carbonyl (C=O) groups is 3. The van der Waals surface area contributed by atoms with Gasteiger partial charge in [-0.1, -0.05) is 43.7 Å². The minimum Gasteiger partial charge on any atom is -0.459 e. The Kier molecular flexibility index (Phi) is 8.05. The first kappa shape index (κ1) is 22.7. The number of hydrogen-bond acceptors (Lipinski definition) is 5. The van der Waals surface area contributed by atoms with Crippen molar-refractivity contribution in [3.63, 3.8) is 0 Å². The van der Waals surface area contributed by atoms with Gasteiger partial charge in [-0.3, -0.25) is 4.79 Å². The number of amides is 2. The molecule has 1 unspecified atom stereocenters. The van der Waals surface area contributed by atoms with Gasteiger partial charge in [-0.05, 0) is 45.1 Å². The molecule has 2 atom stereocenters. The van der Waals surface area contributed by atoms with Crippen LogP contribution in [0.3, 0.4) is 0 Å². The molecule has 160 valence electrons. The topological polar surface area (TPSA) is 84.9 Å².